The Bertz CT molecular complexity index is 5780. The van der Waals surface area contributed by atoms with E-state index < -0.39 is 33.0 Å². The number of carbonyl (C=O) groups excluding carboxylic acids is 2. The quantitative estimate of drug-likeness (QED) is 0.0276. The standard InChI is InChI=1S/C40H37ClN4O4.C15H20BrNOS.C14H20BrNO2S.C12H16BrNO.C10H12BrNO.C9H7BrO/c1-25-31(23-49-39-37(41)17-32(21-46)38(44-39)48-22-28-15-27(18-42)19-43-20-28)7-5-9-34(25)35-10-6-8-33(26(35)2)29-11-12-36-30(16-29)13-14-40(36,24-47)45(3)4;1-5-15(17-19(18)14(2,3)4)9-8-11-10-12(16)6-7-13(11)15;1-13(2,3)19(18)16-14(9-17)7-6-10-8-11(15)4-5-12(10)14;1-14(2)12(8-15)6-5-9-7-10(13)3-4-11(9)12;11-8-1-2-9-7(5-8)3-4-10(9,12)6-13;10-7-2-3-8-6(5-7)1-4-9(8)11/h5-12,15-17,19-21,47H,13-14,22-24H2,1-4H3;5-7,10,17H,1,8-9H2,2-4H3;4-5,8,16-17H,6-7,9H2,1-3H3;3-4,7,15H,5-6,8H2,1-2H3;1-2,5,13H,3-4,6,12H2;2-3,5H,1,4H2/t40-;15-,19-;14-,19+;12-;10-;/m01000./s1. The molecule has 6 aliphatic rings. The van der Waals surface area contributed by atoms with Gasteiger partial charge in [0.15, 0.2) is 12.1 Å². The number of ketones is 1. The van der Waals surface area contributed by atoms with E-state index in [0.29, 0.717) is 23.8 Å². The fraction of sp³-hybridized carbons (Fsp3) is 0.370. The number of halogens is 6. The van der Waals surface area contributed by atoms with Gasteiger partial charge in [-0.1, -0.05) is 182 Å². The van der Waals surface area contributed by atoms with Crippen molar-refractivity contribution in [3.05, 3.63) is 310 Å². The molecule has 26 heteroatoms. The monoisotopic (exact) mass is 2080 g/mol. The maximum atomic E-state index is 12.4. The van der Waals surface area contributed by atoms with Crippen LogP contribution in [0, 0.1) is 25.2 Å². The number of carbonyl (C=O) groups is 2. The van der Waals surface area contributed by atoms with Crippen LogP contribution in [0.25, 0.3) is 22.3 Å². The lowest BCUT2D eigenvalue weighted by Gasteiger charge is -2.35. The van der Waals surface area contributed by atoms with Gasteiger partial charge in [0.05, 0.1) is 96.7 Å². The molecule has 6 aliphatic carbocycles. The van der Waals surface area contributed by atoms with Gasteiger partial charge in [0, 0.05) is 52.3 Å². The van der Waals surface area contributed by atoms with Gasteiger partial charge in [-0.2, -0.15) is 10.2 Å². The molecule has 2 aromatic heterocycles. The number of nitrogens with one attached hydrogen (secondary N) is 2. The van der Waals surface area contributed by atoms with Gasteiger partial charge in [0.2, 0.25) is 11.8 Å². The summed E-state index contributed by atoms with van der Waals surface area (Å²) in [6.07, 6.45) is 16.4. The molecule has 8 N–H and O–H groups in total. The first-order valence-corrected chi connectivity index (χ1v) is 48.6. The topological polar surface area (TPSA) is 274 Å². The third kappa shape index (κ3) is 22.4. The molecule has 8 aromatic carbocycles. The normalized spacial score (nSPS) is 20.1. The number of aldehydes is 1. The predicted octanol–water partition coefficient (Wildman–Crippen LogP) is 20.3. The van der Waals surface area contributed by atoms with E-state index >= 15 is 0 Å². The average molecular weight is 2090 g/mol. The van der Waals surface area contributed by atoms with Gasteiger partial charge in [-0.3, -0.25) is 24.4 Å². The number of nitrogens with two attached hydrogens (primary N) is 1. The number of ether oxygens (including phenoxy) is 2. The lowest BCUT2D eigenvalue weighted by atomic mass is 9.87. The molecule has 7 atom stereocenters. The number of hydrogen-bond acceptors (Lipinski definition) is 16. The second-order valence-corrected chi connectivity index (χ2v) is 44.2. The number of aryl methyl sites for hydroxylation is 6. The van der Waals surface area contributed by atoms with E-state index in [4.69, 9.17) is 32.1 Å². The summed E-state index contributed by atoms with van der Waals surface area (Å²) < 4.78 is 47.9. The van der Waals surface area contributed by atoms with Crippen LogP contribution in [0.15, 0.2) is 205 Å². The fourth-order valence-corrected chi connectivity index (χ4v) is 21.4. The van der Waals surface area contributed by atoms with Crippen LogP contribution in [-0.4, -0.2) is 125 Å². The SMILES string of the molecule is C=C[C@@]1(N[S@](=O)C(C)(C)C)CCc2cc(Br)ccc21.CC(C)(C)[S@@](=O)N[C@]1(CO)CCc2cc(Br)ccc21.CN(C)[C@]1(CO)CCc2cc(Br)ccc21.Cc1c(COc2nc(OCc3cncc(C#N)c3)c(C=O)cc2Cl)cccc1-c1cccc(-c2ccc3c(c2)CC[C@@]3(CO)N(C)C)c1C.N[C@]1(CO)CCc2cc(Br)ccc21.O=C1CCc2cc(Br)ccc21. The fourth-order valence-electron chi connectivity index (χ4n) is 17.2. The minimum atomic E-state index is -1.20. The van der Waals surface area contributed by atoms with Crippen molar-refractivity contribution >= 4 is 125 Å². The summed E-state index contributed by atoms with van der Waals surface area (Å²) in [6, 6.07) is 54.9. The Labute approximate surface area is 794 Å². The lowest BCUT2D eigenvalue weighted by Crippen LogP contribution is -2.49. The number of aromatic nitrogens is 2. The van der Waals surface area contributed by atoms with E-state index in [1.54, 1.807) is 12.3 Å². The molecular weight excluding hydrogens is 1970 g/mol. The highest BCUT2D eigenvalue weighted by Gasteiger charge is 2.45. The number of likely N-dealkylation sites (N-methyl/N-ethyl adjacent to an activating group) is 2. The number of fused-ring (bicyclic) bond motifs is 6. The predicted molar refractivity (Wildman–Crippen MR) is 525 cm³/mol. The van der Waals surface area contributed by atoms with Crippen LogP contribution in [0.4, 0.5) is 0 Å². The van der Waals surface area contributed by atoms with E-state index in [0.717, 1.165) is 138 Å². The summed E-state index contributed by atoms with van der Waals surface area (Å²) in [5.41, 5.74) is 27.5. The van der Waals surface area contributed by atoms with Crippen LogP contribution in [0.3, 0.4) is 0 Å². The van der Waals surface area contributed by atoms with Crippen molar-refractivity contribution in [3.63, 3.8) is 0 Å². The molecule has 0 aliphatic heterocycles. The number of rotatable bonds is 20. The second-order valence-electron chi connectivity index (χ2n) is 35.3. The Hall–Kier alpha value is -7.14. The summed E-state index contributed by atoms with van der Waals surface area (Å²) in [5.74, 6) is 0.503. The summed E-state index contributed by atoms with van der Waals surface area (Å²) >= 11 is 23.7. The molecule has 0 saturated heterocycles. The Morgan fingerprint density at radius 3 is 1.59 bits per heavy atom. The summed E-state index contributed by atoms with van der Waals surface area (Å²) in [4.78, 5) is 35.7. The van der Waals surface area contributed by atoms with E-state index in [9.17, 15) is 38.4 Å². The highest BCUT2D eigenvalue weighted by atomic mass is 79.9. The molecule has 666 valence electrons. The summed E-state index contributed by atoms with van der Waals surface area (Å²) in [5, 5.41) is 48.4. The van der Waals surface area contributed by atoms with Gasteiger partial charge in [0.1, 0.15) is 24.3 Å². The largest absolute Gasteiger partial charge is 0.472 e. The number of nitriles is 1. The second kappa shape index (κ2) is 42.4. The summed E-state index contributed by atoms with van der Waals surface area (Å²) in [6.45, 7) is 20.4. The number of pyridine rings is 2. The van der Waals surface area contributed by atoms with Crippen molar-refractivity contribution < 1.29 is 47.9 Å². The molecule has 126 heavy (non-hydrogen) atoms. The number of nitrogens with zero attached hydrogens (tertiary/aromatic N) is 5. The maximum Gasteiger partial charge on any atom is 0.236 e. The summed E-state index contributed by atoms with van der Waals surface area (Å²) in [7, 11) is 5.83. The molecule has 10 aromatic rings. The first kappa shape index (κ1) is 99.4. The van der Waals surface area contributed by atoms with Crippen molar-refractivity contribution in [2.24, 2.45) is 5.73 Å². The maximum absolute atomic E-state index is 12.4. The molecule has 0 bridgehead atoms. The molecule has 2 heterocycles. The van der Waals surface area contributed by atoms with Gasteiger partial charge in [-0.25, -0.2) is 17.9 Å². The van der Waals surface area contributed by atoms with Crippen LogP contribution in [0.2, 0.25) is 5.02 Å². The number of aliphatic hydroxyl groups is 4. The van der Waals surface area contributed by atoms with Crippen molar-refractivity contribution in [3.8, 4) is 40.1 Å². The zero-order valence-corrected chi connectivity index (χ0v) is 83.7. The van der Waals surface area contributed by atoms with Crippen LogP contribution in [-0.2, 0) is 101 Å². The highest BCUT2D eigenvalue weighted by molar-refractivity contribution is 9.11. The zero-order chi connectivity index (χ0) is 91.6. The number of Topliss-reactive ketones (excluding diaryl/α,β-unsaturated/α-hetero) is 1. The molecule has 0 amide bonds. The molecule has 16 rings (SSSR count). The average Bonchev–Trinajstić information content (AvgIpc) is 1.56. The van der Waals surface area contributed by atoms with Crippen LogP contribution >= 0.6 is 91.3 Å². The minimum Gasteiger partial charge on any atom is -0.472 e. The van der Waals surface area contributed by atoms with Crippen molar-refractivity contribution in [1.82, 2.24) is 29.2 Å². The molecule has 0 unspecified atom stereocenters. The van der Waals surface area contributed by atoms with Crippen molar-refractivity contribution in [1.29, 1.82) is 5.26 Å². The first-order valence-electron chi connectivity index (χ1n) is 41.9. The number of benzene rings is 8. The smallest absolute Gasteiger partial charge is 0.236 e. The Morgan fingerprint density at radius 2 is 1.02 bits per heavy atom. The first-order chi connectivity index (χ1) is 59.8. The number of aliphatic hydroxyl groups excluding tert-OH is 4. The highest BCUT2D eigenvalue weighted by Crippen LogP contribution is 2.47. The van der Waals surface area contributed by atoms with Crippen LogP contribution in [0.5, 0.6) is 11.8 Å². The van der Waals surface area contributed by atoms with Gasteiger partial charge >= 0.3 is 0 Å². The van der Waals surface area contributed by atoms with Crippen LogP contribution in [0.1, 0.15) is 190 Å². The van der Waals surface area contributed by atoms with E-state index in [-0.39, 0.29) is 93.9 Å². The lowest BCUT2D eigenvalue weighted by molar-refractivity contribution is 0.0674. The Morgan fingerprint density at radius 1 is 0.540 bits per heavy atom. The third-order valence-corrected chi connectivity index (χ3v) is 31.0. The van der Waals surface area contributed by atoms with E-state index in [2.05, 4.69) is 214 Å². The minimum absolute atomic E-state index is 0.0294. The molecular formula is C100H112Br5ClN8O10S2. The third-order valence-electron chi connectivity index (χ3n) is 24.9. The number of hydrogen-bond donors (Lipinski definition) is 7. The van der Waals surface area contributed by atoms with Crippen molar-refractivity contribution in [2.75, 3.05) is 54.6 Å². The van der Waals surface area contributed by atoms with Gasteiger partial charge in [-0.15, -0.1) is 6.58 Å². The molecule has 0 fully saturated rings. The Balaban J connectivity index is 0.000000164. The van der Waals surface area contributed by atoms with Crippen molar-refractivity contribution in [2.45, 2.75) is 183 Å². The molecule has 18 nitrogen and oxygen atoms in total. The van der Waals surface area contributed by atoms with E-state index in [1.807, 2.05) is 143 Å². The molecule has 0 saturated carbocycles. The van der Waals surface area contributed by atoms with Gasteiger partial charge in [0.25, 0.3) is 0 Å². The van der Waals surface area contributed by atoms with Crippen LogP contribution < -0.4 is 24.7 Å². The molecule has 0 spiro atoms. The Kier molecular flexibility index (Phi) is 33.5. The zero-order valence-electron chi connectivity index (χ0n) is 73.4. The van der Waals surface area contributed by atoms with Gasteiger partial charge in [-0.05, 0) is 327 Å². The van der Waals surface area contributed by atoms with E-state index in [1.165, 1.54) is 73.5 Å². The molecule has 0 radical (unpaired) electrons. The van der Waals surface area contributed by atoms with Gasteiger partial charge < -0.3 is 35.6 Å².